The van der Waals surface area contributed by atoms with Crippen LogP contribution in [0.15, 0.2) is 18.2 Å². The van der Waals surface area contributed by atoms with Gasteiger partial charge in [0.1, 0.15) is 5.75 Å². The van der Waals surface area contributed by atoms with Gasteiger partial charge < -0.3 is 20.7 Å². The van der Waals surface area contributed by atoms with Gasteiger partial charge >= 0.3 is 0 Å². The fraction of sp³-hybridized carbons (Fsp3) is 0.533. The molecule has 1 amide bonds. The van der Waals surface area contributed by atoms with Gasteiger partial charge in [0.2, 0.25) is 0 Å². The monoisotopic (exact) mass is 277 g/mol. The molecule has 5 nitrogen and oxygen atoms in total. The predicted octanol–water partition coefficient (Wildman–Crippen LogP) is 1.49. The Kier molecular flexibility index (Phi) is 4.84. The smallest absolute Gasteiger partial charge is 0.251 e. The van der Waals surface area contributed by atoms with Crippen molar-refractivity contribution in [2.45, 2.75) is 25.3 Å². The van der Waals surface area contributed by atoms with Crippen LogP contribution in [0, 0.1) is 0 Å². The number of amides is 1. The fourth-order valence-electron chi connectivity index (χ4n) is 2.65. The highest BCUT2D eigenvalue weighted by Gasteiger charge is 2.20. The Morgan fingerprint density at radius 1 is 1.55 bits per heavy atom. The summed E-state index contributed by atoms with van der Waals surface area (Å²) in [7, 11) is 3.69. The van der Waals surface area contributed by atoms with Crippen molar-refractivity contribution in [2.75, 3.05) is 33.0 Å². The predicted molar refractivity (Wildman–Crippen MR) is 80.0 cm³/mol. The summed E-state index contributed by atoms with van der Waals surface area (Å²) in [6.07, 6.45) is 3.47. The van der Waals surface area contributed by atoms with Crippen molar-refractivity contribution in [3.05, 3.63) is 23.8 Å². The SMILES string of the molecule is COc1cc(C(=O)NCCC2CCCN2C)ccc1N. The van der Waals surface area contributed by atoms with Crippen LogP contribution in [0.3, 0.4) is 0 Å². The number of nitrogen functional groups attached to an aromatic ring is 1. The summed E-state index contributed by atoms with van der Waals surface area (Å²) < 4.78 is 5.12. The number of anilines is 1. The Balaban J connectivity index is 1.85. The third-order valence-corrected chi connectivity index (χ3v) is 3.93. The Morgan fingerprint density at radius 3 is 3.00 bits per heavy atom. The van der Waals surface area contributed by atoms with Crippen molar-refractivity contribution in [3.63, 3.8) is 0 Å². The number of hydrogen-bond donors (Lipinski definition) is 2. The third kappa shape index (κ3) is 3.42. The lowest BCUT2D eigenvalue weighted by Crippen LogP contribution is -2.31. The molecule has 1 saturated heterocycles. The van der Waals surface area contributed by atoms with Crippen LogP contribution in [0.2, 0.25) is 0 Å². The second-order valence-electron chi connectivity index (χ2n) is 5.28. The molecule has 0 aromatic heterocycles. The van der Waals surface area contributed by atoms with Gasteiger partial charge in [0.15, 0.2) is 0 Å². The number of nitrogens with two attached hydrogens (primary N) is 1. The second kappa shape index (κ2) is 6.61. The van der Waals surface area contributed by atoms with Gasteiger partial charge in [-0.1, -0.05) is 0 Å². The number of nitrogens with zero attached hydrogens (tertiary/aromatic N) is 1. The van der Waals surface area contributed by atoms with Crippen molar-refractivity contribution in [1.29, 1.82) is 0 Å². The Hall–Kier alpha value is -1.75. The fourth-order valence-corrected chi connectivity index (χ4v) is 2.65. The molecule has 1 aliphatic rings. The maximum absolute atomic E-state index is 12.1. The minimum Gasteiger partial charge on any atom is -0.495 e. The highest BCUT2D eigenvalue weighted by molar-refractivity contribution is 5.95. The lowest BCUT2D eigenvalue weighted by atomic mass is 10.1. The van der Waals surface area contributed by atoms with Crippen molar-refractivity contribution in [3.8, 4) is 5.75 Å². The molecule has 0 bridgehead atoms. The number of rotatable bonds is 5. The molecule has 1 atom stereocenters. The molecule has 20 heavy (non-hydrogen) atoms. The number of hydrogen-bond acceptors (Lipinski definition) is 4. The van der Waals surface area contributed by atoms with Gasteiger partial charge in [-0.2, -0.15) is 0 Å². The minimum absolute atomic E-state index is 0.0797. The summed E-state index contributed by atoms with van der Waals surface area (Å²) in [5.74, 6) is 0.456. The van der Waals surface area contributed by atoms with Crippen LogP contribution in [0.1, 0.15) is 29.6 Å². The van der Waals surface area contributed by atoms with Gasteiger partial charge in [0, 0.05) is 18.2 Å². The van der Waals surface area contributed by atoms with Crippen LogP contribution in [0.5, 0.6) is 5.75 Å². The highest BCUT2D eigenvalue weighted by atomic mass is 16.5. The lowest BCUT2D eigenvalue weighted by molar-refractivity contribution is 0.0950. The van der Waals surface area contributed by atoms with Crippen molar-refractivity contribution < 1.29 is 9.53 Å². The first kappa shape index (κ1) is 14.7. The third-order valence-electron chi connectivity index (χ3n) is 3.93. The maximum Gasteiger partial charge on any atom is 0.251 e. The first-order chi connectivity index (χ1) is 9.61. The van der Waals surface area contributed by atoms with Crippen LogP contribution in [0.25, 0.3) is 0 Å². The number of ether oxygens (including phenoxy) is 1. The van der Waals surface area contributed by atoms with Crippen molar-refractivity contribution in [1.82, 2.24) is 10.2 Å². The number of nitrogens with one attached hydrogen (secondary N) is 1. The van der Waals surface area contributed by atoms with Crippen LogP contribution in [-0.4, -0.2) is 44.1 Å². The number of carbonyl (C=O) groups is 1. The normalized spacial score (nSPS) is 19.0. The van der Waals surface area contributed by atoms with Gasteiger partial charge in [-0.05, 0) is 51.1 Å². The zero-order valence-corrected chi connectivity index (χ0v) is 12.2. The van der Waals surface area contributed by atoms with E-state index in [1.54, 1.807) is 25.3 Å². The summed E-state index contributed by atoms with van der Waals surface area (Å²) >= 11 is 0. The van der Waals surface area contributed by atoms with E-state index < -0.39 is 0 Å². The summed E-state index contributed by atoms with van der Waals surface area (Å²) in [6, 6.07) is 5.68. The Bertz CT molecular complexity index is 476. The van der Waals surface area contributed by atoms with E-state index >= 15 is 0 Å². The molecule has 0 aliphatic carbocycles. The van der Waals surface area contributed by atoms with Gasteiger partial charge in [-0.15, -0.1) is 0 Å². The molecule has 110 valence electrons. The average Bonchev–Trinajstić information content (AvgIpc) is 2.85. The van der Waals surface area contributed by atoms with E-state index in [4.69, 9.17) is 10.5 Å². The standard InChI is InChI=1S/C15H23N3O2/c1-18-9-3-4-12(18)7-8-17-15(19)11-5-6-13(16)14(10-11)20-2/h5-6,10,12H,3-4,7-9,16H2,1-2H3,(H,17,19). The number of carbonyl (C=O) groups excluding carboxylic acids is 1. The van der Waals surface area contributed by atoms with Crippen LogP contribution in [0.4, 0.5) is 5.69 Å². The summed E-state index contributed by atoms with van der Waals surface area (Å²) in [5.41, 5.74) is 6.85. The molecular formula is C15H23N3O2. The van der Waals surface area contributed by atoms with E-state index in [2.05, 4.69) is 17.3 Å². The minimum atomic E-state index is -0.0797. The number of likely N-dealkylation sites (tertiary alicyclic amines) is 1. The summed E-state index contributed by atoms with van der Waals surface area (Å²) in [5, 5.41) is 2.96. The van der Waals surface area contributed by atoms with E-state index in [1.165, 1.54) is 12.8 Å². The molecule has 0 radical (unpaired) electrons. The van der Waals surface area contributed by atoms with Gasteiger partial charge in [-0.3, -0.25) is 4.79 Å². The second-order valence-corrected chi connectivity index (χ2v) is 5.28. The molecule has 1 fully saturated rings. The zero-order chi connectivity index (χ0) is 14.5. The van der Waals surface area contributed by atoms with Crippen molar-refractivity contribution in [2.24, 2.45) is 0 Å². The number of methoxy groups -OCH3 is 1. The van der Waals surface area contributed by atoms with E-state index in [9.17, 15) is 4.79 Å². The highest BCUT2D eigenvalue weighted by Crippen LogP contribution is 2.22. The molecule has 2 rings (SSSR count). The lowest BCUT2D eigenvalue weighted by Gasteiger charge is -2.19. The molecule has 5 heteroatoms. The van der Waals surface area contributed by atoms with Crippen LogP contribution >= 0.6 is 0 Å². The average molecular weight is 277 g/mol. The van der Waals surface area contributed by atoms with Crippen molar-refractivity contribution >= 4 is 11.6 Å². The van der Waals surface area contributed by atoms with Gasteiger partial charge in [0.05, 0.1) is 12.8 Å². The first-order valence-corrected chi connectivity index (χ1v) is 7.03. The van der Waals surface area contributed by atoms with Gasteiger partial charge in [0.25, 0.3) is 5.91 Å². The molecular weight excluding hydrogens is 254 g/mol. The molecule has 0 spiro atoms. The van der Waals surface area contributed by atoms with E-state index in [-0.39, 0.29) is 5.91 Å². The van der Waals surface area contributed by atoms with Crippen LogP contribution < -0.4 is 15.8 Å². The Labute approximate surface area is 120 Å². The maximum atomic E-state index is 12.1. The van der Waals surface area contributed by atoms with Gasteiger partial charge in [-0.25, -0.2) is 0 Å². The van der Waals surface area contributed by atoms with E-state index in [0.29, 0.717) is 29.6 Å². The molecule has 1 aromatic rings. The first-order valence-electron chi connectivity index (χ1n) is 7.03. The summed E-state index contributed by atoms with van der Waals surface area (Å²) in [4.78, 5) is 14.4. The van der Waals surface area contributed by atoms with E-state index in [1.807, 2.05) is 0 Å². The molecule has 1 heterocycles. The molecule has 1 aromatic carbocycles. The number of benzene rings is 1. The largest absolute Gasteiger partial charge is 0.495 e. The van der Waals surface area contributed by atoms with Crippen LogP contribution in [-0.2, 0) is 0 Å². The molecule has 1 aliphatic heterocycles. The molecule has 3 N–H and O–H groups in total. The Morgan fingerprint density at radius 2 is 2.35 bits per heavy atom. The van der Waals surface area contributed by atoms with E-state index in [0.717, 1.165) is 13.0 Å². The topological polar surface area (TPSA) is 67.6 Å². The molecule has 0 saturated carbocycles. The zero-order valence-electron chi connectivity index (χ0n) is 12.2. The summed E-state index contributed by atoms with van der Waals surface area (Å²) in [6.45, 7) is 1.86. The molecule has 1 unspecified atom stereocenters. The quantitative estimate of drug-likeness (QED) is 0.800.